The molecule has 3 rings (SSSR count). The van der Waals surface area contributed by atoms with Crippen LogP contribution < -0.4 is 19.7 Å². The van der Waals surface area contributed by atoms with Crippen LogP contribution in [-0.4, -0.2) is 59.6 Å². The van der Waals surface area contributed by atoms with E-state index in [-0.39, 0.29) is 22.9 Å². The molecule has 9 nitrogen and oxygen atoms in total. The number of pyridine rings is 2. The molecule has 10 heteroatoms. The molecule has 174 valence electrons. The molecule has 2 aromatic heterocycles. The smallest absolute Gasteiger partial charge is 0.258 e. The van der Waals surface area contributed by atoms with Crippen LogP contribution in [0.3, 0.4) is 0 Å². The van der Waals surface area contributed by atoms with Gasteiger partial charge in [0.25, 0.3) is 5.91 Å². The standard InChI is InChI=1S/C23H26N4O5S/c1-27(12-13-28)21-7-6-19(22(29)25-17-8-10-24-11-9-17)23(26-21)33(30)15-16-4-5-18(31-2)14-20(16)32-3/h4-11,14,28H,12-13,15H2,1-3H3,(H,24,25,29). The number of aromatic nitrogens is 2. The summed E-state index contributed by atoms with van der Waals surface area (Å²) in [6.45, 7) is 0.276. The number of benzene rings is 1. The van der Waals surface area contributed by atoms with Crippen molar-refractivity contribution in [2.24, 2.45) is 0 Å². The van der Waals surface area contributed by atoms with Gasteiger partial charge in [-0.3, -0.25) is 14.0 Å². The maximum Gasteiger partial charge on any atom is 0.258 e. The molecule has 1 amide bonds. The Balaban J connectivity index is 1.96. The van der Waals surface area contributed by atoms with Gasteiger partial charge >= 0.3 is 0 Å². The number of aliphatic hydroxyl groups is 1. The van der Waals surface area contributed by atoms with Crippen molar-refractivity contribution in [3.05, 3.63) is 66.0 Å². The average Bonchev–Trinajstić information content (AvgIpc) is 2.84. The molecule has 1 aromatic carbocycles. The van der Waals surface area contributed by atoms with E-state index in [1.165, 1.54) is 7.11 Å². The minimum atomic E-state index is -1.67. The van der Waals surface area contributed by atoms with Gasteiger partial charge in [0.15, 0.2) is 0 Å². The van der Waals surface area contributed by atoms with Crippen LogP contribution in [0, 0.1) is 0 Å². The van der Waals surface area contributed by atoms with Crippen molar-refractivity contribution < 1.29 is 23.6 Å². The summed E-state index contributed by atoms with van der Waals surface area (Å²) in [5.74, 6) is 1.29. The van der Waals surface area contributed by atoms with Gasteiger partial charge in [-0.05, 0) is 30.3 Å². The molecule has 0 saturated carbocycles. The molecule has 1 atom stereocenters. The summed E-state index contributed by atoms with van der Waals surface area (Å²) >= 11 is 0. The highest BCUT2D eigenvalue weighted by molar-refractivity contribution is 7.84. The number of amides is 1. The number of nitrogens with zero attached hydrogens (tertiary/aromatic N) is 3. The van der Waals surface area contributed by atoms with Gasteiger partial charge in [-0.2, -0.15) is 0 Å². The van der Waals surface area contributed by atoms with Crippen LogP contribution in [0.2, 0.25) is 0 Å². The monoisotopic (exact) mass is 470 g/mol. The number of carbonyl (C=O) groups excluding carboxylic acids is 1. The van der Waals surface area contributed by atoms with Crippen LogP contribution in [0.25, 0.3) is 0 Å². The molecule has 3 aromatic rings. The number of methoxy groups -OCH3 is 2. The Bertz CT molecular complexity index is 1130. The SMILES string of the molecule is COc1ccc(CS(=O)c2nc(N(C)CCO)ccc2C(=O)Nc2ccncc2)c(OC)c1. The molecule has 0 radical (unpaired) electrons. The van der Waals surface area contributed by atoms with Crippen LogP contribution in [0.15, 0.2) is 59.9 Å². The molecule has 0 aliphatic rings. The van der Waals surface area contributed by atoms with Gasteiger partial charge in [0, 0.05) is 43.3 Å². The average molecular weight is 471 g/mol. The number of nitrogens with one attached hydrogen (secondary N) is 1. The number of likely N-dealkylation sites (N-methyl/N-ethyl adjacent to an activating group) is 1. The van der Waals surface area contributed by atoms with E-state index in [0.29, 0.717) is 35.1 Å². The van der Waals surface area contributed by atoms with Crippen LogP contribution in [0.5, 0.6) is 11.5 Å². The number of rotatable bonds is 10. The predicted octanol–water partition coefficient (Wildman–Crippen LogP) is 2.48. The van der Waals surface area contributed by atoms with Gasteiger partial charge in [-0.25, -0.2) is 4.98 Å². The number of hydrogen-bond acceptors (Lipinski definition) is 8. The highest BCUT2D eigenvalue weighted by atomic mass is 32.2. The lowest BCUT2D eigenvalue weighted by atomic mass is 10.2. The second-order valence-electron chi connectivity index (χ2n) is 7.02. The first-order valence-corrected chi connectivity index (χ1v) is 11.4. The highest BCUT2D eigenvalue weighted by Gasteiger charge is 2.21. The summed E-state index contributed by atoms with van der Waals surface area (Å²) in [6, 6.07) is 11.8. The van der Waals surface area contributed by atoms with Crippen LogP contribution in [0.1, 0.15) is 15.9 Å². The van der Waals surface area contributed by atoms with Gasteiger partial charge in [0.2, 0.25) is 0 Å². The molecule has 0 spiro atoms. The van der Waals surface area contributed by atoms with Crippen LogP contribution in [0.4, 0.5) is 11.5 Å². The Labute approximate surface area is 194 Å². The van der Waals surface area contributed by atoms with Crippen molar-refractivity contribution >= 4 is 28.2 Å². The molecule has 33 heavy (non-hydrogen) atoms. The molecular formula is C23H26N4O5S. The summed E-state index contributed by atoms with van der Waals surface area (Å²) < 4.78 is 24.1. The largest absolute Gasteiger partial charge is 0.497 e. The first kappa shape index (κ1) is 24.1. The zero-order valence-corrected chi connectivity index (χ0v) is 19.5. The van der Waals surface area contributed by atoms with Crippen LogP contribution >= 0.6 is 0 Å². The Kier molecular flexibility index (Phi) is 8.34. The normalized spacial score (nSPS) is 11.5. The molecular weight excluding hydrogens is 444 g/mol. The van der Waals surface area contributed by atoms with Gasteiger partial charge < -0.3 is 24.8 Å². The Morgan fingerprint density at radius 2 is 1.88 bits per heavy atom. The van der Waals surface area contributed by atoms with Crippen molar-refractivity contribution in [2.75, 3.05) is 44.6 Å². The lowest BCUT2D eigenvalue weighted by Gasteiger charge is -2.19. The summed E-state index contributed by atoms with van der Waals surface area (Å²) in [5, 5.41) is 12.2. The fourth-order valence-corrected chi connectivity index (χ4v) is 4.33. The lowest BCUT2D eigenvalue weighted by molar-refractivity contribution is 0.102. The number of anilines is 2. The van der Waals surface area contributed by atoms with E-state index >= 15 is 0 Å². The van der Waals surface area contributed by atoms with Gasteiger partial charge in [0.05, 0.1) is 42.9 Å². The number of carbonyl (C=O) groups is 1. The third kappa shape index (κ3) is 6.05. The zero-order valence-electron chi connectivity index (χ0n) is 18.6. The number of aliphatic hydroxyl groups excluding tert-OH is 1. The quantitative estimate of drug-likeness (QED) is 0.465. The van der Waals surface area contributed by atoms with E-state index < -0.39 is 16.7 Å². The first-order valence-electron chi connectivity index (χ1n) is 10.1. The molecule has 0 aliphatic heterocycles. The van der Waals surface area contributed by atoms with E-state index in [4.69, 9.17) is 9.47 Å². The summed E-state index contributed by atoms with van der Waals surface area (Å²) in [7, 11) is 3.17. The number of ether oxygens (including phenoxy) is 2. The minimum absolute atomic E-state index is 0.0655. The van der Waals surface area contributed by atoms with E-state index in [9.17, 15) is 14.1 Å². The maximum atomic E-state index is 13.5. The summed E-state index contributed by atoms with van der Waals surface area (Å²) in [4.78, 5) is 23.2. The van der Waals surface area contributed by atoms with E-state index in [1.807, 2.05) is 0 Å². The van der Waals surface area contributed by atoms with Crippen molar-refractivity contribution in [1.82, 2.24) is 9.97 Å². The van der Waals surface area contributed by atoms with Crippen LogP contribution in [-0.2, 0) is 16.6 Å². The Morgan fingerprint density at radius 3 is 2.55 bits per heavy atom. The topological polar surface area (TPSA) is 114 Å². The molecule has 0 bridgehead atoms. The van der Waals surface area contributed by atoms with Gasteiger partial charge in [-0.1, -0.05) is 6.07 Å². The lowest BCUT2D eigenvalue weighted by Crippen LogP contribution is -2.24. The predicted molar refractivity (Wildman–Crippen MR) is 126 cm³/mol. The van der Waals surface area contributed by atoms with Crippen molar-refractivity contribution in [2.45, 2.75) is 10.8 Å². The molecule has 2 N–H and O–H groups in total. The van der Waals surface area contributed by atoms with Crippen molar-refractivity contribution in [3.63, 3.8) is 0 Å². The van der Waals surface area contributed by atoms with Gasteiger partial charge in [-0.15, -0.1) is 0 Å². The Hall–Kier alpha value is -3.50. The zero-order chi connectivity index (χ0) is 23.8. The first-order chi connectivity index (χ1) is 16.0. The molecule has 0 fully saturated rings. The van der Waals surface area contributed by atoms with E-state index in [0.717, 1.165) is 0 Å². The molecule has 1 unspecified atom stereocenters. The molecule has 2 heterocycles. The third-order valence-electron chi connectivity index (χ3n) is 4.85. The molecule has 0 saturated heterocycles. The number of hydrogen-bond donors (Lipinski definition) is 2. The molecule has 0 aliphatic carbocycles. The van der Waals surface area contributed by atoms with E-state index in [1.54, 1.807) is 73.9 Å². The fraction of sp³-hybridized carbons (Fsp3) is 0.261. The summed E-state index contributed by atoms with van der Waals surface area (Å²) in [5.41, 5.74) is 1.44. The third-order valence-corrected chi connectivity index (χ3v) is 6.17. The van der Waals surface area contributed by atoms with Crippen molar-refractivity contribution in [3.8, 4) is 11.5 Å². The second kappa shape index (κ2) is 11.4. The highest BCUT2D eigenvalue weighted by Crippen LogP contribution is 2.28. The maximum absolute atomic E-state index is 13.5. The van der Waals surface area contributed by atoms with Gasteiger partial charge in [0.1, 0.15) is 22.3 Å². The fourth-order valence-electron chi connectivity index (χ4n) is 3.07. The summed E-state index contributed by atoms with van der Waals surface area (Å²) in [6.07, 6.45) is 3.13. The second-order valence-corrected chi connectivity index (χ2v) is 8.39. The van der Waals surface area contributed by atoms with Crippen molar-refractivity contribution in [1.29, 1.82) is 0 Å². The minimum Gasteiger partial charge on any atom is -0.497 e. The van der Waals surface area contributed by atoms with E-state index in [2.05, 4.69) is 15.3 Å². The Morgan fingerprint density at radius 1 is 1.12 bits per heavy atom.